The van der Waals surface area contributed by atoms with Gasteiger partial charge in [0.05, 0.1) is 11.4 Å². The Balaban J connectivity index is 1.56. The second-order valence-corrected chi connectivity index (χ2v) is 8.40. The van der Waals surface area contributed by atoms with Gasteiger partial charge in [-0.05, 0) is 42.8 Å². The van der Waals surface area contributed by atoms with Gasteiger partial charge in [0.25, 0.3) is 0 Å². The molecule has 1 heterocycles. The van der Waals surface area contributed by atoms with Crippen LogP contribution in [0.25, 0.3) is 0 Å². The van der Waals surface area contributed by atoms with Gasteiger partial charge in [0, 0.05) is 31.9 Å². The van der Waals surface area contributed by atoms with Crippen LogP contribution in [0.15, 0.2) is 53.4 Å². The van der Waals surface area contributed by atoms with Gasteiger partial charge in [-0.1, -0.05) is 18.2 Å². The third kappa shape index (κ3) is 4.64. The highest BCUT2D eigenvalue weighted by Gasteiger charge is 2.30. The van der Waals surface area contributed by atoms with Crippen LogP contribution in [0.2, 0.25) is 0 Å². The molecule has 6 nitrogen and oxygen atoms in total. The third-order valence-corrected chi connectivity index (χ3v) is 6.38. The molecule has 144 valence electrons. The van der Waals surface area contributed by atoms with Crippen LogP contribution in [0, 0.1) is 12.7 Å². The monoisotopic (exact) mass is 391 g/mol. The van der Waals surface area contributed by atoms with E-state index in [4.69, 9.17) is 0 Å². The van der Waals surface area contributed by atoms with Crippen molar-refractivity contribution in [3.8, 4) is 0 Å². The largest absolute Gasteiger partial charge is 0.376 e. The average molecular weight is 391 g/mol. The Labute approximate surface area is 158 Å². The van der Waals surface area contributed by atoms with Gasteiger partial charge >= 0.3 is 0 Å². The maximum Gasteiger partial charge on any atom is 0.243 e. The number of hydrogen-bond donors (Lipinski definition) is 1. The van der Waals surface area contributed by atoms with Crippen molar-refractivity contribution in [1.82, 2.24) is 9.21 Å². The molecule has 2 aromatic rings. The molecule has 0 aliphatic carbocycles. The van der Waals surface area contributed by atoms with E-state index in [1.165, 1.54) is 22.5 Å². The number of carbonyl (C=O) groups is 1. The first kappa shape index (κ1) is 19.3. The van der Waals surface area contributed by atoms with E-state index in [2.05, 4.69) is 5.32 Å². The van der Waals surface area contributed by atoms with Crippen molar-refractivity contribution in [2.24, 2.45) is 0 Å². The van der Waals surface area contributed by atoms with E-state index < -0.39 is 15.8 Å². The standard InChI is InChI=1S/C19H22FN3O3S/c1-15-4-2-6-17(12-15)21-14-19(24)22-8-10-23(11-9-22)27(25,26)18-7-3-5-16(20)13-18/h2-7,12-13,21H,8-11,14H2,1H3. The lowest BCUT2D eigenvalue weighted by atomic mass is 10.2. The number of amides is 1. The number of anilines is 1. The van der Waals surface area contributed by atoms with E-state index in [9.17, 15) is 17.6 Å². The summed E-state index contributed by atoms with van der Waals surface area (Å²) < 4.78 is 39.8. The zero-order chi connectivity index (χ0) is 19.4. The number of rotatable bonds is 5. The van der Waals surface area contributed by atoms with E-state index in [-0.39, 0.29) is 30.4 Å². The lowest BCUT2D eigenvalue weighted by Crippen LogP contribution is -2.51. The van der Waals surface area contributed by atoms with Crippen LogP contribution in [0.3, 0.4) is 0 Å². The fraction of sp³-hybridized carbons (Fsp3) is 0.316. The number of sulfonamides is 1. The highest BCUT2D eigenvalue weighted by Crippen LogP contribution is 2.18. The molecule has 0 spiro atoms. The second kappa shape index (κ2) is 8.06. The van der Waals surface area contributed by atoms with E-state index in [1.54, 1.807) is 4.90 Å². The number of aryl methyl sites for hydroxylation is 1. The van der Waals surface area contributed by atoms with Crippen molar-refractivity contribution in [1.29, 1.82) is 0 Å². The Kier molecular flexibility index (Phi) is 5.76. The van der Waals surface area contributed by atoms with Gasteiger partial charge < -0.3 is 10.2 Å². The van der Waals surface area contributed by atoms with Gasteiger partial charge in [0.2, 0.25) is 15.9 Å². The predicted molar refractivity (Wildman–Crippen MR) is 101 cm³/mol. The highest BCUT2D eigenvalue weighted by atomic mass is 32.2. The number of benzene rings is 2. The number of piperazine rings is 1. The summed E-state index contributed by atoms with van der Waals surface area (Å²) in [7, 11) is -3.75. The number of carbonyl (C=O) groups excluding carboxylic acids is 1. The smallest absolute Gasteiger partial charge is 0.243 e. The molecular formula is C19H22FN3O3S. The molecule has 0 aromatic heterocycles. The van der Waals surface area contributed by atoms with E-state index in [0.29, 0.717) is 13.1 Å². The molecule has 1 aliphatic rings. The Bertz CT molecular complexity index is 925. The van der Waals surface area contributed by atoms with E-state index >= 15 is 0 Å². The summed E-state index contributed by atoms with van der Waals surface area (Å²) in [6.45, 7) is 3.13. The topological polar surface area (TPSA) is 69.7 Å². The van der Waals surface area contributed by atoms with Gasteiger partial charge in [-0.3, -0.25) is 4.79 Å². The molecule has 1 aliphatic heterocycles. The Morgan fingerprint density at radius 1 is 1.07 bits per heavy atom. The lowest BCUT2D eigenvalue weighted by Gasteiger charge is -2.34. The normalized spacial score (nSPS) is 15.6. The Hall–Kier alpha value is -2.45. The van der Waals surface area contributed by atoms with E-state index in [1.807, 2.05) is 31.2 Å². The quantitative estimate of drug-likeness (QED) is 0.847. The third-order valence-electron chi connectivity index (χ3n) is 4.49. The molecule has 1 fully saturated rings. The predicted octanol–water partition coefficient (Wildman–Crippen LogP) is 2.08. The molecule has 0 saturated carbocycles. The highest BCUT2D eigenvalue weighted by molar-refractivity contribution is 7.89. The molecule has 0 radical (unpaired) electrons. The second-order valence-electron chi connectivity index (χ2n) is 6.47. The average Bonchev–Trinajstić information content (AvgIpc) is 2.66. The summed E-state index contributed by atoms with van der Waals surface area (Å²) in [5.41, 5.74) is 1.97. The zero-order valence-corrected chi connectivity index (χ0v) is 15.9. The number of hydrogen-bond acceptors (Lipinski definition) is 4. The lowest BCUT2D eigenvalue weighted by molar-refractivity contribution is -0.130. The molecule has 3 rings (SSSR count). The minimum atomic E-state index is -3.75. The van der Waals surface area contributed by atoms with Gasteiger partial charge in [-0.25, -0.2) is 12.8 Å². The fourth-order valence-electron chi connectivity index (χ4n) is 3.00. The molecule has 1 N–H and O–H groups in total. The molecular weight excluding hydrogens is 369 g/mol. The molecule has 0 atom stereocenters. The maximum atomic E-state index is 13.3. The van der Waals surface area contributed by atoms with Gasteiger partial charge in [-0.15, -0.1) is 0 Å². The van der Waals surface area contributed by atoms with Crippen LogP contribution in [-0.2, 0) is 14.8 Å². The number of nitrogens with one attached hydrogen (secondary N) is 1. The maximum absolute atomic E-state index is 13.3. The molecule has 1 saturated heterocycles. The van der Waals surface area contributed by atoms with Crippen molar-refractivity contribution in [2.75, 3.05) is 38.0 Å². The first-order valence-electron chi connectivity index (χ1n) is 8.70. The summed E-state index contributed by atoms with van der Waals surface area (Å²) in [5, 5.41) is 3.09. The van der Waals surface area contributed by atoms with Crippen LogP contribution >= 0.6 is 0 Å². The Morgan fingerprint density at radius 3 is 2.44 bits per heavy atom. The molecule has 27 heavy (non-hydrogen) atoms. The van der Waals surface area contributed by atoms with Crippen molar-refractivity contribution in [2.45, 2.75) is 11.8 Å². The first-order chi connectivity index (χ1) is 12.9. The summed E-state index contributed by atoms with van der Waals surface area (Å²) in [4.78, 5) is 13.9. The minimum Gasteiger partial charge on any atom is -0.376 e. The summed E-state index contributed by atoms with van der Waals surface area (Å²) >= 11 is 0. The van der Waals surface area contributed by atoms with Crippen molar-refractivity contribution in [3.63, 3.8) is 0 Å². The van der Waals surface area contributed by atoms with Crippen molar-refractivity contribution in [3.05, 3.63) is 59.9 Å². The number of halogens is 1. The summed E-state index contributed by atoms with van der Waals surface area (Å²) in [5.74, 6) is -0.675. The van der Waals surface area contributed by atoms with E-state index in [0.717, 1.165) is 17.3 Å². The summed E-state index contributed by atoms with van der Waals surface area (Å²) in [6, 6.07) is 12.7. The molecule has 0 unspecified atom stereocenters. The Morgan fingerprint density at radius 2 is 1.78 bits per heavy atom. The van der Waals surface area contributed by atoms with Crippen LogP contribution in [0.1, 0.15) is 5.56 Å². The molecule has 8 heteroatoms. The number of nitrogens with zero attached hydrogens (tertiary/aromatic N) is 2. The van der Waals surface area contributed by atoms with Crippen molar-refractivity contribution < 1.29 is 17.6 Å². The van der Waals surface area contributed by atoms with Crippen molar-refractivity contribution >= 4 is 21.6 Å². The van der Waals surface area contributed by atoms with Gasteiger partial charge in [0.1, 0.15) is 5.82 Å². The minimum absolute atomic E-state index is 0.0663. The SMILES string of the molecule is Cc1cccc(NCC(=O)N2CCN(S(=O)(=O)c3cccc(F)c3)CC2)c1. The van der Waals surface area contributed by atoms with Gasteiger partial charge in [-0.2, -0.15) is 4.31 Å². The molecule has 0 bridgehead atoms. The molecule has 1 amide bonds. The fourth-order valence-corrected chi connectivity index (χ4v) is 4.45. The van der Waals surface area contributed by atoms with Crippen LogP contribution < -0.4 is 5.32 Å². The van der Waals surface area contributed by atoms with Crippen LogP contribution in [-0.4, -0.2) is 56.3 Å². The summed E-state index contributed by atoms with van der Waals surface area (Å²) in [6.07, 6.45) is 0. The van der Waals surface area contributed by atoms with Crippen LogP contribution in [0.4, 0.5) is 10.1 Å². The van der Waals surface area contributed by atoms with Gasteiger partial charge in [0.15, 0.2) is 0 Å². The first-order valence-corrected chi connectivity index (χ1v) is 10.1. The molecule has 2 aromatic carbocycles. The zero-order valence-electron chi connectivity index (χ0n) is 15.1. The van der Waals surface area contributed by atoms with Crippen LogP contribution in [0.5, 0.6) is 0 Å².